The van der Waals surface area contributed by atoms with Crippen molar-refractivity contribution in [3.63, 3.8) is 0 Å². The molecule has 28 heavy (non-hydrogen) atoms. The summed E-state index contributed by atoms with van der Waals surface area (Å²) in [5.41, 5.74) is 0.401. The number of benzene rings is 2. The Morgan fingerprint density at radius 2 is 1.82 bits per heavy atom. The third-order valence-electron chi connectivity index (χ3n) is 3.95. The lowest BCUT2D eigenvalue weighted by molar-refractivity contribution is -0.123. The Hall–Kier alpha value is -2.74. The molecule has 0 unspecified atom stereocenters. The van der Waals surface area contributed by atoms with E-state index >= 15 is 0 Å². The third-order valence-corrected chi connectivity index (χ3v) is 5.35. The topological polar surface area (TPSA) is 93.7 Å². The molecule has 0 saturated heterocycles. The second-order valence-electron chi connectivity index (χ2n) is 6.35. The highest BCUT2D eigenvalue weighted by atomic mass is 32.2. The van der Waals surface area contributed by atoms with Crippen LogP contribution in [0, 0.1) is 0 Å². The van der Waals surface area contributed by atoms with Crippen LogP contribution >= 0.6 is 0 Å². The molecule has 0 aromatic heterocycles. The molecule has 0 saturated carbocycles. The first kappa shape index (κ1) is 21.6. The van der Waals surface area contributed by atoms with Gasteiger partial charge in [-0.1, -0.05) is 19.4 Å². The maximum absolute atomic E-state index is 12.5. The Bertz CT molecular complexity index is 882. The lowest BCUT2D eigenvalue weighted by Gasteiger charge is -2.13. The molecular weight excluding hydrogens is 380 g/mol. The first-order chi connectivity index (χ1) is 13.3. The van der Waals surface area contributed by atoms with E-state index in [9.17, 15) is 13.2 Å². The molecule has 2 N–H and O–H groups in total. The van der Waals surface area contributed by atoms with Crippen molar-refractivity contribution in [3.8, 4) is 11.5 Å². The summed E-state index contributed by atoms with van der Waals surface area (Å²) < 4.78 is 38.0. The summed E-state index contributed by atoms with van der Waals surface area (Å²) in [5, 5.41) is 2.84. The number of rotatable bonds is 10. The van der Waals surface area contributed by atoms with Gasteiger partial charge in [0.1, 0.15) is 11.5 Å². The highest BCUT2D eigenvalue weighted by Gasteiger charge is 2.15. The number of nitrogens with one attached hydrogen (secondary N) is 2. The van der Waals surface area contributed by atoms with Gasteiger partial charge in [0.05, 0.1) is 17.7 Å². The fraction of sp³-hybridized carbons (Fsp3) is 0.350. The van der Waals surface area contributed by atoms with E-state index in [0.29, 0.717) is 17.2 Å². The maximum Gasteiger partial charge on any atom is 0.261 e. The quantitative estimate of drug-likeness (QED) is 0.632. The minimum absolute atomic E-state index is 0.0867. The monoisotopic (exact) mass is 406 g/mol. The van der Waals surface area contributed by atoms with Crippen LogP contribution in [0.15, 0.2) is 53.4 Å². The molecule has 0 aliphatic heterocycles. The molecule has 0 fully saturated rings. The van der Waals surface area contributed by atoms with E-state index in [4.69, 9.17) is 9.47 Å². The van der Waals surface area contributed by atoms with Gasteiger partial charge < -0.3 is 14.8 Å². The van der Waals surface area contributed by atoms with E-state index < -0.39 is 10.0 Å². The molecule has 0 radical (unpaired) electrons. The van der Waals surface area contributed by atoms with Crippen molar-refractivity contribution in [2.45, 2.75) is 37.6 Å². The van der Waals surface area contributed by atoms with Crippen LogP contribution in [0.1, 0.15) is 26.7 Å². The van der Waals surface area contributed by atoms with Crippen LogP contribution in [-0.4, -0.2) is 34.1 Å². The molecule has 2 aromatic rings. The minimum Gasteiger partial charge on any atom is -0.497 e. The number of anilines is 1. The van der Waals surface area contributed by atoms with E-state index in [1.807, 2.05) is 6.92 Å². The molecule has 8 heteroatoms. The standard InChI is InChI=1S/C20H26N2O5S/c1-4-6-15(2)21-20(23)14-27-17-9-11-19(12-10-17)28(24,25)22-16-7-5-8-18(13-16)26-3/h5,7-13,15,22H,4,6,14H2,1-3H3,(H,21,23)/t15-/m1/s1. The SMILES string of the molecule is CCC[C@@H](C)NC(=O)COc1ccc(S(=O)(=O)Nc2cccc(OC)c2)cc1. The zero-order chi connectivity index (χ0) is 20.6. The molecule has 2 aromatic carbocycles. The summed E-state index contributed by atoms with van der Waals surface area (Å²) >= 11 is 0. The number of ether oxygens (including phenoxy) is 2. The van der Waals surface area contributed by atoms with E-state index in [2.05, 4.69) is 17.0 Å². The van der Waals surface area contributed by atoms with Gasteiger partial charge in [0.15, 0.2) is 6.61 Å². The van der Waals surface area contributed by atoms with Crippen LogP contribution in [0.25, 0.3) is 0 Å². The highest BCUT2D eigenvalue weighted by Crippen LogP contribution is 2.22. The number of hydrogen-bond donors (Lipinski definition) is 2. The van der Waals surface area contributed by atoms with E-state index in [0.717, 1.165) is 12.8 Å². The van der Waals surface area contributed by atoms with Crippen LogP contribution in [0.5, 0.6) is 11.5 Å². The molecule has 0 aliphatic carbocycles. The molecule has 0 aliphatic rings. The summed E-state index contributed by atoms with van der Waals surface area (Å²) in [6.45, 7) is 3.87. The summed E-state index contributed by atoms with van der Waals surface area (Å²) in [4.78, 5) is 11.9. The molecule has 1 amide bonds. The Kier molecular flexibility index (Phi) is 7.69. The zero-order valence-electron chi connectivity index (χ0n) is 16.3. The van der Waals surface area contributed by atoms with Gasteiger partial charge in [-0.15, -0.1) is 0 Å². The van der Waals surface area contributed by atoms with Gasteiger partial charge in [-0.05, 0) is 49.7 Å². The fourth-order valence-corrected chi connectivity index (χ4v) is 3.64. The van der Waals surface area contributed by atoms with Crippen LogP contribution in [0.4, 0.5) is 5.69 Å². The molecule has 152 valence electrons. The van der Waals surface area contributed by atoms with Gasteiger partial charge in [-0.25, -0.2) is 8.42 Å². The first-order valence-electron chi connectivity index (χ1n) is 9.03. The van der Waals surface area contributed by atoms with E-state index in [1.165, 1.54) is 31.4 Å². The number of carbonyl (C=O) groups is 1. The first-order valence-corrected chi connectivity index (χ1v) is 10.5. The smallest absolute Gasteiger partial charge is 0.261 e. The Labute approximate surface area is 166 Å². The summed E-state index contributed by atoms with van der Waals surface area (Å²) in [6.07, 6.45) is 1.89. The number of hydrogen-bond acceptors (Lipinski definition) is 5. The van der Waals surface area contributed by atoms with Gasteiger partial charge in [0.2, 0.25) is 0 Å². The zero-order valence-corrected chi connectivity index (χ0v) is 17.1. The normalized spacial score (nSPS) is 12.1. The number of carbonyl (C=O) groups excluding carboxylic acids is 1. The third kappa shape index (κ3) is 6.45. The second kappa shape index (κ2) is 9.98. The molecule has 7 nitrogen and oxygen atoms in total. The van der Waals surface area contributed by atoms with Crippen LogP contribution in [0.3, 0.4) is 0 Å². The summed E-state index contributed by atoms with van der Waals surface area (Å²) in [7, 11) is -2.24. The lowest BCUT2D eigenvalue weighted by Crippen LogP contribution is -2.35. The minimum atomic E-state index is -3.75. The van der Waals surface area contributed by atoms with Gasteiger partial charge in [-0.3, -0.25) is 9.52 Å². The molecule has 0 heterocycles. The Morgan fingerprint density at radius 1 is 1.11 bits per heavy atom. The van der Waals surface area contributed by atoms with Crippen LogP contribution in [-0.2, 0) is 14.8 Å². The Balaban J connectivity index is 1.96. The van der Waals surface area contributed by atoms with Gasteiger partial charge >= 0.3 is 0 Å². The average Bonchev–Trinajstić information content (AvgIpc) is 2.66. The van der Waals surface area contributed by atoms with Crippen molar-refractivity contribution >= 4 is 21.6 Å². The summed E-state index contributed by atoms with van der Waals surface area (Å²) in [6, 6.07) is 12.6. The second-order valence-corrected chi connectivity index (χ2v) is 8.04. The molecule has 1 atom stereocenters. The van der Waals surface area contributed by atoms with Crippen LogP contribution < -0.4 is 19.5 Å². The predicted molar refractivity (Wildman–Crippen MR) is 108 cm³/mol. The molecule has 2 rings (SSSR count). The van der Waals surface area contributed by atoms with Crippen LogP contribution in [0.2, 0.25) is 0 Å². The van der Waals surface area contributed by atoms with Crippen molar-refractivity contribution in [3.05, 3.63) is 48.5 Å². The van der Waals surface area contributed by atoms with Crippen molar-refractivity contribution < 1.29 is 22.7 Å². The van der Waals surface area contributed by atoms with Crippen molar-refractivity contribution in [2.24, 2.45) is 0 Å². The highest BCUT2D eigenvalue weighted by molar-refractivity contribution is 7.92. The summed E-state index contributed by atoms with van der Waals surface area (Å²) in [5.74, 6) is 0.756. The largest absolute Gasteiger partial charge is 0.497 e. The van der Waals surface area contributed by atoms with Gasteiger partial charge in [0.25, 0.3) is 15.9 Å². The number of methoxy groups -OCH3 is 1. The van der Waals surface area contributed by atoms with E-state index in [-0.39, 0.29) is 23.5 Å². The Morgan fingerprint density at radius 3 is 2.46 bits per heavy atom. The predicted octanol–water partition coefficient (Wildman–Crippen LogP) is 3.18. The van der Waals surface area contributed by atoms with Crippen molar-refractivity contribution in [2.75, 3.05) is 18.4 Å². The maximum atomic E-state index is 12.5. The molecule has 0 spiro atoms. The van der Waals surface area contributed by atoms with Crippen molar-refractivity contribution in [1.29, 1.82) is 0 Å². The van der Waals surface area contributed by atoms with E-state index in [1.54, 1.807) is 24.3 Å². The fourth-order valence-electron chi connectivity index (χ4n) is 2.59. The number of amides is 1. The van der Waals surface area contributed by atoms with Crippen molar-refractivity contribution in [1.82, 2.24) is 5.32 Å². The average molecular weight is 407 g/mol. The lowest BCUT2D eigenvalue weighted by atomic mass is 10.2. The number of sulfonamides is 1. The van der Waals surface area contributed by atoms with Gasteiger partial charge in [0, 0.05) is 12.1 Å². The molecular formula is C20H26N2O5S. The van der Waals surface area contributed by atoms with Gasteiger partial charge in [-0.2, -0.15) is 0 Å². The molecule has 0 bridgehead atoms.